The topological polar surface area (TPSA) is 127 Å². The number of phenols is 1. The Morgan fingerprint density at radius 2 is 2.32 bits per heavy atom. The van der Waals surface area contributed by atoms with Crippen LogP contribution in [0.3, 0.4) is 0 Å². The molecular weight excluding hydrogens is 274 g/mol. The first-order valence-electron chi connectivity index (χ1n) is 4.98. The van der Waals surface area contributed by atoms with Gasteiger partial charge in [0, 0.05) is 10.6 Å². The maximum Gasteiger partial charge on any atom is 0.297 e. The van der Waals surface area contributed by atoms with Crippen LogP contribution >= 0.6 is 11.6 Å². The fraction of sp³-hybridized carbons (Fsp3) is 0. The normalized spacial score (nSPS) is 10.8. The second-order valence-electron chi connectivity index (χ2n) is 3.40. The second kappa shape index (κ2) is 5.36. The van der Waals surface area contributed by atoms with Crippen LogP contribution in [0.2, 0.25) is 5.02 Å². The number of benzene rings is 1. The summed E-state index contributed by atoms with van der Waals surface area (Å²) in [5, 5.41) is 20.1. The molecule has 1 amide bonds. The SMILES string of the molecule is Nc1nonc1C(=O)N/N=C\c1cc(Cl)ccc1O. The number of carbonyl (C=O) groups is 1. The molecule has 1 aromatic heterocycles. The van der Waals surface area contributed by atoms with Gasteiger partial charge in [0.2, 0.25) is 11.5 Å². The third kappa shape index (κ3) is 2.99. The standard InChI is InChI=1S/C10H8ClN5O3/c11-6-1-2-7(17)5(3-6)4-13-14-10(18)8-9(12)16-19-15-8/h1-4,17H,(H2,12,16)(H,14,18)/b13-4-. The number of aromatic hydroxyl groups is 1. The minimum atomic E-state index is -0.684. The number of nitrogen functional groups attached to an aromatic ring is 1. The van der Waals surface area contributed by atoms with Crippen LogP contribution in [-0.2, 0) is 0 Å². The van der Waals surface area contributed by atoms with Gasteiger partial charge in [-0.1, -0.05) is 11.6 Å². The number of hydrogen-bond acceptors (Lipinski definition) is 7. The predicted molar refractivity (Wildman–Crippen MR) is 66.9 cm³/mol. The number of carbonyl (C=O) groups excluding carboxylic acids is 1. The van der Waals surface area contributed by atoms with E-state index in [2.05, 4.69) is 25.5 Å². The number of rotatable bonds is 3. The molecule has 1 aromatic carbocycles. The molecule has 0 spiro atoms. The highest BCUT2D eigenvalue weighted by molar-refractivity contribution is 6.30. The van der Waals surface area contributed by atoms with Gasteiger partial charge >= 0.3 is 0 Å². The van der Waals surface area contributed by atoms with Gasteiger partial charge in [0.1, 0.15) is 5.75 Å². The Morgan fingerprint density at radius 3 is 3.00 bits per heavy atom. The molecule has 4 N–H and O–H groups in total. The van der Waals surface area contributed by atoms with E-state index in [1.807, 2.05) is 0 Å². The van der Waals surface area contributed by atoms with Gasteiger partial charge in [-0.2, -0.15) is 5.10 Å². The van der Waals surface area contributed by atoms with E-state index in [0.29, 0.717) is 10.6 Å². The highest BCUT2D eigenvalue weighted by Gasteiger charge is 2.14. The number of hydrazone groups is 1. The number of halogens is 1. The molecule has 0 saturated carbocycles. The molecule has 2 rings (SSSR count). The maximum absolute atomic E-state index is 11.5. The molecule has 2 aromatic rings. The molecule has 98 valence electrons. The highest BCUT2D eigenvalue weighted by atomic mass is 35.5. The van der Waals surface area contributed by atoms with Gasteiger partial charge in [-0.3, -0.25) is 4.79 Å². The Bertz CT molecular complexity index is 640. The molecule has 0 bridgehead atoms. The Morgan fingerprint density at radius 1 is 1.53 bits per heavy atom. The van der Waals surface area contributed by atoms with Crippen molar-refractivity contribution < 1.29 is 14.5 Å². The summed E-state index contributed by atoms with van der Waals surface area (Å²) >= 11 is 5.75. The zero-order chi connectivity index (χ0) is 13.8. The maximum atomic E-state index is 11.5. The van der Waals surface area contributed by atoms with E-state index in [4.69, 9.17) is 17.3 Å². The van der Waals surface area contributed by atoms with Crippen LogP contribution in [0.4, 0.5) is 5.82 Å². The van der Waals surface area contributed by atoms with Crippen molar-refractivity contribution in [1.29, 1.82) is 0 Å². The van der Waals surface area contributed by atoms with Gasteiger partial charge in [0.05, 0.1) is 6.21 Å². The minimum Gasteiger partial charge on any atom is -0.507 e. The molecule has 1 heterocycles. The van der Waals surface area contributed by atoms with Crippen molar-refractivity contribution in [3.63, 3.8) is 0 Å². The summed E-state index contributed by atoms with van der Waals surface area (Å²) < 4.78 is 4.27. The number of amides is 1. The van der Waals surface area contributed by atoms with E-state index in [1.54, 1.807) is 0 Å². The minimum absolute atomic E-state index is 0.0231. The van der Waals surface area contributed by atoms with Crippen molar-refractivity contribution in [3.8, 4) is 5.75 Å². The van der Waals surface area contributed by atoms with Crippen molar-refractivity contribution >= 4 is 29.5 Å². The third-order valence-corrected chi connectivity index (χ3v) is 2.32. The van der Waals surface area contributed by atoms with Crippen molar-refractivity contribution in [2.45, 2.75) is 0 Å². The van der Waals surface area contributed by atoms with Crippen molar-refractivity contribution in [1.82, 2.24) is 15.7 Å². The van der Waals surface area contributed by atoms with Crippen LogP contribution in [0.15, 0.2) is 27.9 Å². The Kier molecular flexibility index (Phi) is 3.62. The lowest BCUT2D eigenvalue weighted by molar-refractivity contribution is 0.0946. The molecule has 0 fully saturated rings. The molecule has 0 unspecified atom stereocenters. The number of nitrogens with one attached hydrogen (secondary N) is 1. The molecule has 9 heteroatoms. The predicted octanol–water partition coefficient (Wildman–Crippen LogP) is 0.775. The van der Waals surface area contributed by atoms with Gasteiger partial charge in [-0.15, -0.1) is 0 Å². The zero-order valence-corrected chi connectivity index (χ0v) is 10.1. The van der Waals surface area contributed by atoms with Gasteiger partial charge in [0.25, 0.3) is 5.91 Å². The number of nitrogens with two attached hydrogens (primary N) is 1. The molecule has 0 radical (unpaired) electrons. The van der Waals surface area contributed by atoms with Gasteiger partial charge in [0.15, 0.2) is 0 Å². The van der Waals surface area contributed by atoms with Gasteiger partial charge in [-0.25, -0.2) is 10.1 Å². The van der Waals surface area contributed by atoms with Crippen LogP contribution in [0.1, 0.15) is 16.1 Å². The summed E-state index contributed by atoms with van der Waals surface area (Å²) in [7, 11) is 0. The lowest BCUT2D eigenvalue weighted by atomic mass is 10.2. The number of phenolic OH excluding ortho intramolecular Hbond substituents is 1. The number of anilines is 1. The second-order valence-corrected chi connectivity index (χ2v) is 3.84. The molecule has 0 aliphatic rings. The van der Waals surface area contributed by atoms with E-state index >= 15 is 0 Å². The molecule has 0 atom stereocenters. The lowest BCUT2D eigenvalue weighted by Gasteiger charge is -1.99. The van der Waals surface area contributed by atoms with E-state index in [9.17, 15) is 9.90 Å². The highest BCUT2D eigenvalue weighted by Crippen LogP contribution is 2.19. The smallest absolute Gasteiger partial charge is 0.297 e. The molecule has 8 nitrogen and oxygen atoms in total. The summed E-state index contributed by atoms with van der Waals surface area (Å²) in [6.45, 7) is 0. The fourth-order valence-corrected chi connectivity index (χ4v) is 1.38. The average Bonchev–Trinajstić information content (AvgIpc) is 2.80. The van der Waals surface area contributed by atoms with E-state index in [1.165, 1.54) is 24.4 Å². The fourth-order valence-electron chi connectivity index (χ4n) is 1.20. The third-order valence-electron chi connectivity index (χ3n) is 2.09. The first-order chi connectivity index (χ1) is 9.08. The largest absolute Gasteiger partial charge is 0.507 e. The number of nitrogens with zero attached hydrogens (tertiary/aromatic N) is 3. The van der Waals surface area contributed by atoms with E-state index in [-0.39, 0.29) is 17.3 Å². The summed E-state index contributed by atoms with van der Waals surface area (Å²) in [6.07, 6.45) is 1.23. The average molecular weight is 282 g/mol. The van der Waals surface area contributed by atoms with Crippen LogP contribution in [0.25, 0.3) is 0 Å². The molecule has 0 aliphatic heterocycles. The van der Waals surface area contributed by atoms with Crippen LogP contribution in [-0.4, -0.2) is 27.5 Å². The van der Waals surface area contributed by atoms with Crippen LogP contribution in [0.5, 0.6) is 5.75 Å². The molecule has 19 heavy (non-hydrogen) atoms. The zero-order valence-electron chi connectivity index (χ0n) is 9.37. The quantitative estimate of drug-likeness (QED) is 0.563. The summed E-state index contributed by atoms with van der Waals surface area (Å²) in [4.78, 5) is 11.5. The monoisotopic (exact) mass is 281 g/mol. The Balaban J connectivity index is 2.06. The lowest BCUT2D eigenvalue weighted by Crippen LogP contribution is -2.19. The molecule has 0 aliphatic carbocycles. The van der Waals surface area contributed by atoms with Crippen molar-refractivity contribution in [2.75, 3.05) is 5.73 Å². The molecular formula is C10H8ClN5O3. The first-order valence-corrected chi connectivity index (χ1v) is 5.35. The van der Waals surface area contributed by atoms with Crippen LogP contribution in [0, 0.1) is 0 Å². The van der Waals surface area contributed by atoms with Gasteiger partial charge in [-0.05, 0) is 28.5 Å². The first kappa shape index (κ1) is 12.8. The van der Waals surface area contributed by atoms with E-state index in [0.717, 1.165) is 0 Å². The Labute approximate surface area is 111 Å². The number of aromatic nitrogens is 2. The van der Waals surface area contributed by atoms with E-state index < -0.39 is 5.91 Å². The van der Waals surface area contributed by atoms with Gasteiger partial charge < -0.3 is 10.8 Å². The summed E-state index contributed by atoms with van der Waals surface area (Å²) in [6, 6.07) is 4.41. The summed E-state index contributed by atoms with van der Waals surface area (Å²) in [5.41, 5.74) is 7.66. The molecule has 0 saturated heterocycles. The Hall–Kier alpha value is -2.61. The van der Waals surface area contributed by atoms with Crippen LogP contribution < -0.4 is 11.2 Å². The van der Waals surface area contributed by atoms with Crippen molar-refractivity contribution in [3.05, 3.63) is 34.5 Å². The number of hydrogen-bond donors (Lipinski definition) is 3. The van der Waals surface area contributed by atoms with Crippen molar-refractivity contribution in [2.24, 2.45) is 5.10 Å². The summed E-state index contributed by atoms with van der Waals surface area (Å²) in [5.74, 6) is -0.847.